The molecule has 1 nitrogen and oxygen atoms in total. The van der Waals surface area contributed by atoms with Crippen molar-refractivity contribution in [2.75, 3.05) is 6.54 Å². The van der Waals surface area contributed by atoms with Crippen LogP contribution in [0, 0.1) is 20.8 Å². The zero-order valence-electron chi connectivity index (χ0n) is 12.6. The predicted octanol–water partition coefficient (Wildman–Crippen LogP) is 5.22. The third-order valence-electron chi connectivity index (χ3n) is 3.62. The van der Waals surface area contributed by atoms with Crippen LogP contribution in [0.1, 0.15) is 40.1 Å². The van der Waals surface area contributed by atoms with Crippen LogP contribution in [0.3, 0.4) is 0 Å². The molecule has 2 aromatic rings. The van der Waals surface area contributed by atoms with Gasteiger partial charge in [0.25, 0.3) is 0 Å². The van der Waals surface area contributed by atoms with Crippen molar-refractivity contribution in [1.82, 2.24) is 5.32 Å². The molecule has 1 N–H and O–H groups in total. The molecule has 0 fully saturated rings. The number of hydrogen-bond acceptors (Lipinski definition) is 2. The summed E-state index contributed by atoms with van der Waals surface area (Å²) in [5, 5.41) is 6.64. The third kappa shape index (κ3) is 3.43. The van der Waals surface area contributed by atoms with Crippen LogP contribution in [0.15, 0.2) is 23.6 Å². The quantitative estimate of drug-likeness (QED) is 0.798. The molecule has 0 bridgehead atoms. The van der Waals surface area contributed by atoms with E-state index >= 15 is 0 Å². The molecule has 0 aliphatic heterocycles. The number of likely N-dealkylation sites (N-methyl/N-ethyl adjacent to an activating group) is 1. The second-order valence-corrected chi connectivity index (χ2v) is 6.63. The highest BCUT2D eigenvalue weighted by molar-refractivity contribution is 7.10. The summed E-state index contributed by atoms with van der Waals surface area (Å²) >= 11 is 8.21. The summed E-state index contributed by atoms with van der Waals surface area (Å²) in [5.74, 6) is 0. The topological polar surface area (TPSA) is 12.0 Å². The lowest BCUT2D eigenvalue weighted by molar-refractivity contribution is 0.557. The van der Waals surface area contributed by atoms with E-state index in [9.17, 15) is 0 Å². The van der Waals surface area contributed by atoms with Crippen molar-refractivity contribution in [3.05, 3.63) is 55.7 Å². The third-order valence-corrected chi connectivity index (χ3v) is 5.45. The highest BCUT2D eigenvalue weighted by Gasteiger charge is 2.18. The van der Waals surface area contributed by atoms with Gasteiger partial charge in [0, 0.05) is 10.9 Å². The maximum atomic E-state index is 6.45. The second-order valence-electron chi connectivity index (χ2n) is 5.34. The first-order valence-electron chi connectivity index (χ1n) is 7.06. The summed E-state index contributed by atoms with van der Waals surface area (Å²) in [6, 6.07) is 6.96. The maximum absolute atomic E-state index is 6.45. The van der Waals surface area contributed by atoms with Crippen molar-refractivity contribution in [3.8, 4) is 0 Å². The first-order valence-corrected chi connectivity index (χ1v) is 8.31. The van der Waals surface area contributed by atoms with Crippen molar-refractivity contribution >= 4 is 22.9 Å². The van der Waals surface area contributed by atoms with Crippen LogP contribution in [-0.2, 0) is 6.42 Å². The van der Waals surface area contributed by atoms with Crippen LogP contribution >= 0.6 is 22.9 Å². The molecule has 1 aromatic heterocycles. The molecule has 1 unspecified atom stereocenters. The smallest absolute Gasteiger partial charge is 0.0590 e. The van der Waals surface area contributed by atoms with E-state index < -0.39 is 0 Å². The molecule has 0 radical (unpaired) electrons. The average Bonchev–Trinajstić information content (AvgIpc) is 2.74. The van der Waals surface area contributed by atoms with E-state index in [1.165, 1.54) is 27.1 Å². The summed E-state index contributed by atoms with van der Waals surface area (Å²) in [6.45, 7) is 9.49. The van der Waals surface area contributed by atoms with E-state index in [1.807, 2.05) is 0 Å². The first kappa shape index (κ1) is 15.6. The monoisotopic (exact) mass is 307 g/mol. The van der Waals surface area contributed by atoms with Gasteiger partial charge in [-0.1, -0.05) is 42.3 Å². The molecule has 108 valence electrons. The van der Waals surface area contributed by atoms with Crippen LogP contribution in [0.25, 0.3) is 0 Å². The largest absolute Gasteiger partial charge is 0.309 e. The highest BCUT2D eigenvalue weighted by Crippen LogP contribution is 2.34. The molecule has 1 heterocycles. The molecule has 0 spiro atoms. The maximum Gasteiger partial charge on any atom is 0.0590 e. The van der Waals surface area contributed by atoms with Gasteiger partial charge in [-0.05, 0) is 55.8 Å². The fraction of sp³-hybridized carbons (Fsp3) is 0.412. The van der Waals surface area contributed by atoms with Crippen LogP contribution in [-0.4, -0.2) is 6.54 Å². The number of aryl methyl sites for hydroxylation is 3. The summed E-state index contributed by atoms with van der Waals surface area (Å²) < 4.78 is 0. The molecule has 0 amide bonds. The van der Waals surface area contributed by atoms with Crippen molar-refractivity contribution in [2.45, 2.75) is 40.2 Å². The number of halogens is 1. The molecular weight excluding hydrogens is 286 g/mol. The molecule has 1 atom stereocenters. The summed E-state index contributed by atoms with van der Waals surface area (Å²) in [5.41, 5.74) is 5.24. The normalized spacial score (nSPS) is 12.7. The average molecular weight is 308 g/mol. The molecule has 0 saturated heterocycles. The summed E-state index contributed by atoms with van der Waals surface area (Å²) in [7, 11) is 0. The lowest BCUT2D eigenvalue weighted by atomic mass is 9.98. The zero-order valence-corrected chi connectivity index (χ0v) is 14.2. The Labute approximate surface area is 131 Å². The predicted molar refractivity (Wildman–Crippen MR) is 90.1 cm³/mol. The van der Waals surface area contributed by atoms with Crippen molar-refractivity contribution < 1.29 is 0 Å². The lowest BCUT2D eigenvalue weighted by Gasteiger charge is -2.19. The molecule has 0 aliphatic carbocycles. The van der Waals surface area contributed by atoms with E-state index in [0.717, 1.165) is 18.0 Å². The van der Waals surface area contributed by atoms with Gasteiger partial charge in [0.15, 0.2) is 0 Å². The Hall–Kier alpha value is -0.830. The van der Waals surface area contributed by atoms with Gasteiger partial charge < -0.3 is 5.32 Å². The Kier molecular flexibility index (Phi) is 5.25. The van der Waals surface area contributed by atoms with E-state index in [4.69, 9.17) is 11.6 Å². The number of nitrogens with one attached hydrogen (secondary N) is 1. The Balaban J connectivity index is 2.30. The van der Waals surface area contributed by atoms with Gasteiger partial charge in [0.1, 0.15) is 0 Å². The molecular formula is C17H22ClNS. The van der Waals surface area contributed by atoms with E-state index in [1.54, 1.807) is 11.3 Å². The Morgan fingerprint density at radius 1 is 1.20 bits per heavy atom. The fourth-order valence-corrected chi connectivity index (χ4v) is 3.83. The van der Waals surface area contributed by atoms with Crippen molar-refractivity contribution in [3.63, 3.8) is 0 Å². The highest BCUT2D eigenvalue weighted by atomic mass is 35.5. The van der Waals surface area contributed by atoms with Crippen LogP contribution < -0.4 is 5.32 Å². The standard InChI is InChI=1S/C17H22ClNS/c1-5-19-15(17-16(18)13(4)10-20-17)9-14-8-11(2)6-7-12(14)3/h6-8,10,15,19H,5,9H2,1-4H3. The Morgan fingerprint density at radius 3 is 2.55 bits per heavy atom. The van der Waals surface area contributed by atoms with E-state index in [0.29, 0.717) is 6.04 Å². The van der Waals surface area contributed by atoms with Crippen molar-refractivity contribution in [1.29, 1.82) is 0 Å². The molecule has 2 rings (SSSR count). The van der Waals surface area contributed by atoms with Crippen LogP contribution in [0.4, 0.5) is 0 Å². The minimum Gasteiger partial charge on any atom is -0.309 e. The van der Waals surface area contributed by atoms with Crippen LogP contribution in [0.5, 0.6) is 0 Å². The summed E-state index contributed by atoms with van der Waals surface area (Å²) in [6.07, 6.45) is 0.987. The van der Waals surface area contributed by atoms with E-state index in [2.05, 4.69) is 56.6 Å². The van der Waals surface area contributed by atoms with Gasteiger partial charge in [-0.3, -0.25) is 0 Å². The van der Waals surface area contributed by atoms with Gasteiger partial charge in [0.05, 0.1) is 5.02 Å². The van der Waals surface area contributed by atoms with Gasteiger partial charge in [-0.2, -0.15) is 0 Å². The zero-order chi connectivity index (χ0) is 14.7. The molecule has 3 heteroatoms. The van der Waals surface area contributed by atoms with Crippen LogP contribution in [0.2, 0.25) is 5.02 Å². The molecule has 0 saturated carbocycles. The lowest BCUT2D eigenvalue weighted by Crippen LogP contribution is -2.22. The summed E-state index contributed by atoms with van der Waals surface area (Å²) in [4.78, 5) is 1.26. The number of hydrogen-bond donors (Lipinski definition) is 1. The Morgan fingerprint density at radius 2 is 1.95 bits per heavy atom. The molecule has 0 aliphatic rings. The first-order chi connectivity index (χ1) is 9.52. The minimum atomic E-state index is 0.298. The molecule has 1 aromatic carbocycles. The minimum absolute atomic E-state index is 0.298. The number of thiophene rings is 1. The van der Waals surface area contributed by atoms with E-state index in [-0.39, 0.29) is 0 Å². The molecule has 20 heavy (non-hydrogen) atoms. The Bertz CT molecular complexity index is 589. The SMILES string of the molecule is CCNC(Cc1cc(C)ccc1C)c1scc(C)c1Cl. The van der Waals surface area contributed by atoms with Gasteiger partial charge in [0.2, 0.25) is 0 Å². The van der Waals surface area contributed by atoms with Gasteiger partial charge >= 0.3 is 0 Å². The van der Waals surface area contributed by atoms with Gasteiger partial charge in [-0.25, -0.2) is 0 Å². The number of benzene rings is 1. The van der Waals surface area contributed by atoms with Gasteiger partial charge in [-0.15, -0.1) is 11.3 Å². The fourth-order valence-electron chi connectivity index (χ4n) is 2.43. The van der Waals surface area contributed by atoms with Crippen molar-refractivity contribution in [2.24, 2.45) is 0 Å². The number of rotatable bonds is 5. The second kappa shape index (κ2) is 6.75.